The predicted octanol–water partition coefficient (Wildman–Crippen LogP) is 0.952. The first-order valence-corrected chi connectivity index (χ1v) is 7.78. The molecule has 1 atom stereocenters. The molecule has 7 nitrogen and oxygen atoms in total. The molecule has 0 saturated carbocycles. The minimum absolute atomic E-state index is 0.0338. The van der Waals surface area contributed by atoms with E-state index < -0.39 is 0 Å². The highest BCUT2D eigenvalue weighted by atomic mass is 32.1. The molecule has 2 aromatic rings. The lowest BCUT2D eigenvalue weighted by atomic mass is 10.1. The smallest absolute Gasteiger partial charge is 0.267 e. The van der Waals surface area contributed by atoms with Crippen molar-refractivity contribution in [3.05, 3.63) is 28.8 Å². The van der Waals surface area contributed by atoms with Crippen LogP contribution in [0.3, 0.4) is 0 Å². The summed E-state index contributed by atoms with van der Waals surface area (Å²) in [6.45, 7) is 4.16. The molecule has 1 fully saturated rings. The molecule has 112 valence electrons. The van der Waals surface area contributed by atoms with Crippen LogP contribution < -0.4 is 0 Å². The Morgan fingerprint density at radius 1 is 1.52 bits per heavy atom. The SMILES string of the molecule is CCc1nnsc1C(=O)N1CCN(C)[C@H](c2ncc[nH]2)C1. The van der Waals surface area contributed by atoms with Crippen molar-refractivity contribution in [2.24, 2.45) is 0 Å². The second-order valence-corrected chi connectivity index (χ2v) is 5.88. The maximum Gasteiger partial charge on any atom is 0.267 e. The van der Waals surface area contributed by atoms with Crippen LogP contribution in [0, 0.1) is 0 Å². The van der Waals surface area contributed by atoms with Crippen molar-refractivity contribution >= 4 is 17.4 Å². The summed E-state index contributed by atoms with van der Waals surface area (Å²) in [4.78, 5) is 24.9. The Morgan fingerprint density at radius 3 is 3.10 bits per heavy atom. The quantitative estimate of drug-likeness (QED) is 0.913. The summed E-state index contributed by atoms with van der Waals surface area (Å²) in [5.74, 6) is 0.930. The number of amides is 1. The minimum atomic E-state index is 0.0338. The van der Waals surface area contributed by atoms with Gasteiger partial charge in [-0.1, -0.05) is 11.4 Å². The van der Waals surface area contributed by atoms with Crippen LogP contribution in [-0.4, -0.2) is 61.9 Å². The Kier molecular flexibility index (Phi) is 3.98. The maximum atomic E-state index is 12.7. The van der Waals surface area contributed by atoms with Crippen LogP contribution in [0.25, 0.3) is 0 Å². The molecular weight excluding hydrogens is 288 g/mol. The third-order valence-corrected chi connectivity index (χ3v) is 4.61. The van der Waals surface area contributed by atoms with E-state index in [-0.39, 0.29) is 11.9 Å². The second kappa shape index (κ2) is 5.90. The molecule has 0 aliphatic carbocycles. The van der Waals surface area contributed by atoms with Crippen LogP contribution in [0.4, 0.5) is 0 Å². The van der Waals surface area contributed by atoms with Gasteiger partial charge in [-0.25, -0.2) is 4.98 Å². The average molecular weight is 306 g/mol. The van der Waals surface area contributed by atoms with Crippen molar-refractivity contribution in [1.29, 1.82) is 0 Å². The van der Waals surface area contributed by atoms with Crippen molar-refractivity contribution < 1.29 is 4.79 Å². The van der Waals surface area contributed by atoms with Crippen LogP contribution in [0.1, 0.15) is 34.2 Å². The molecule has 3 heterocycles. The van der Waals surface area contributed by atoms with Crippen molar-refractivity contribution in [2.45, 2.75) is 19.4 Å². The third-order valence-electron chi connectivity index (χ3n) is 3.86. The highest BCUT2D eigenvalue weighted by Gasteiger charge is 2.31. The Morgan fingerprint density at radius 2 is 2.38 bits per heavy atom. The fraction of sp³-hybridized carbons (Fsp3) is 0.538. The highest BCUT2D eigenvalue weighted by molar-refractivity contribution is 7.08. The zero-order valence-electron chi connectivity index (χ0n) is 12.1. The first-order chi connectivity index (χ1) is 10.2. The number of piperazine rings is 1. The molecule has 2 aromatic heterocycles. The number of nitrogens with one attached hydrogen (secondary N) is 1. The fourth-order valence-electron chi connectivity index (χ4n) is 2.56. The Hall–Kier alpha value is -1.80. The minimum Gasteiger partial charge on any atom is -0.347 e. The van der Waals surface area contributed by atoms with Gasteiger partial charge in [0.15, 0.2) is 0 Å². The maximum absolute atomic E-state index is 12.7. The molecule has 0 aromatic carbocycles. The number of hydrogen-bond acceptors (Lipinski definition) is 6. The van der Waals surface area contributed by atoms with Crippen molar-refractivity contribution in [1.82, 2.24) is 29.4 Å². The molecule has 3 rings (SSSR count). The zero-order valence-corrected chi connectivity index (χ0v) is 12.9. The lowest BCUT2D eigenvalue weighted by Gasteiger charge is -2.38. The van der Waals surface area contributed by atoms with Crippen LogP contribution >= 0.6 is 11.5 Å². The number of imidazole rings is 1. The van der Waals surface area contributed by atoms with Gasteiger partial charge in [-0.05, 0) is 25.0 Å². The van der Waals surface area contributed by atoms with Gasteiger partial charge in [-0.3, -0.25) is 9.69 Å². The lowest BCUT2D eigenvalue weighted by molar-refractivity contribution is 0.0538. The number of aromatic nitrogens is 4. The summed E-state index contributed by atoms with van der Waals surface area (Å²) in [6, 6.07) is 0.101. The van der Waals surface area contributed by atoms with Gasteiger partial charge in [0.05, 0.1) is 11.7 Å². The zero-order chi connectivity index (χ0) is 14.8. The molecule has 1 aliphatic rings. The van der Waals surface area contributed by atoms with E-state index in [1.807, 2.05) is 18.0 Å². The summed E-state index contributed by atoms with van der Waals surface area (Å²) in [6.07, 6.45) is 4.28. The molecule has 1 saturated heterocycles. The molecule has 1 aliphatic heterocycles. The van der Waals surface area contributed by atoms with E-state index in [0.717, 1.165) is 24.5 Å². The summed E-state index contributed by atoms with van der Waals surface area (Å²) in [7, 11) is 2.06. The molecule has 0 radical (unpaired) electrons. The van der Waals surface area contributed by atoms with Gasteiger partial charge in [0, 0.05) is 32.0 Å². The monoisotopic (exact) mass is 306 g/mol. The summed E-state index contributed by atoms with van der Waals surface area (Å²) >= 11 is 1.19. The van der Waals surface area contributed by atoms with Gasteiger partial charge in [0.25, 0.3) is 5.91 Å². The van der Waals surface area contributed by atoms with Gasteiger partial charge >= 0.3 is 0 Å². The standard InChI is InChI=1S/C13H18N6OS/c1-3-9-11(21-17-16-9)13(20)19-7-6-18(2)10(8-19)12-14-4-5-15-12/h4-5,10H,3,6-8H2,1-2H3,(H,14,15)/t10-/m0/s1. The Balaban J connectivity index is 1.79. The van der Waals surface area contributed by atoms with Gasteiger partial charge in [0.1, 0.15) is 10.7 Å². The molecular formula is C13H18N6OS. The normalized spacial score (nSPS) is 19.9. The molecule has 0 unspecified atom stereocenters. The molecule has 0 bridgehead atoms. The number of H-pyrrole nitrogens is 1. The van der Waals surface area contributed by atoms with Gasteiger partial charge in [0.2, 0.25) is 0 Å². The van der Waals surface area contributed by atoms with Crippen LogP contribution in [0.15, 0.2) is 12.4 Å². The number of aromatic amines is 1. The molecule has 0 spiro atoms. The van der Waals surface area contributed by atoms with Gasteiger partial charge in [-0.15, -0.1) is 5.10 Å². The number of likely N-dealkylation sites (N-methyl/N-ethyl adjacent to an activating group) is 1. The van der Waals surface area contributed by atoms with Gasteiger partial charge < -0.3 is 9.88 Å². The van der Waals surface area contributed by atoms with E-state index in [4.69, 9.17) is 0 Å². The Labute approximate surface area is 127 Å². The molecule has 8 heteroatoms. The van der Waals surface area contributed by atoms with E-state index in [1.165, 1.54) is 11.5 Å². The average Bonchev–Trinajstić information content (AvgIpc) is 3.18. The fourth-order valence-corrected chi connectivity index (χ4v) is 3.28. The number of carbonyl (C=O) groups is 1. The van der Waals surface area contributed by atoms with Crippen molar-refractivity contribution in [3.63, 3.8) is 0 Å². The predicted molar refractivity (Wildman–Crippen MR) is 79.1 cm³/mol. The van der Waals surface area contributed by atoms with Gasteiger partial charge in [-0.2, -0.15) is 0 Å². The van der Waals surface area contributed by atoms with Crippen LogP contribution in [0.2, 0.25) is 0 Å². The Bertz CT molecular complexity index is 610. The summed E-state index contributed by atoms with van der Waals surface area (Å²) < 4.78 is 3.91. The third kappa shape index (κ3) is 2.68. The first kappa shape index (κ1) is 14.2. The van der Waals surface area contributed by atoms with Crippen LogP contribution in [-0.2, 0) is 6.42 Å². The topological polar surface area (TPSA) is 78.0 Å². The van der Waals surface area contributed by atoms with E-state index in [9.17, 15) is 4.79 Å². The van der Waals surface area contributed by atoms with Crippen molar-refractivity contribution in [3.8, 4) is 0 Å². The lowest BCUT2D eigenvalue weighted by Crippen LogP contribution is -2.49. The largest absolute Gasteiger partial charge is 0.347 e. The van der Waals surface area contributed by atoms with E-state index in [2.05, 4.69) is 31.5 Å². The first-order valence-electron chi connectivity index (χ1n) is 7.00. The molecule has 1 N–H and O–H groups in total. The summed E-state index contributed by atoms with van der Waals surface area (Å²) in [5, 5.41) is 4.03. The second-order valence-electron chi connectivity index (χ2n) is 5.12. The summed E-state index contributed by atoms with van der Waals surface area (Å²) in [5.41, 5.74) is 0.790. The number of rotatable bonds is 3. The number of hydrogen-bond donors (Lipinski definition) is 1. The molecule has 21 heavy (non-hydrogen) atoms. The number of aryl methyl sites for hydroxylation is 1. The molecule has 1 amide bonds. The highest BCUT2D eigenvalue weighted by Crippen LogP contribution is 2.23. The van der Waals surface area contributed by atoms with Crippen LogP contribution in [0.5, 0.6) is 0 Å². The van der Waals surface area contributed by atoms with Crippen molar-refractivity contribution in [2.75, 3.05) is 26.7 Å². The number of carbonyl (C=O) groups excluding carboxylic acids is 1. The van der Waals surface area contributed by atoms with E-state index in [1.54, 1.807) is 6.20 Å². The van der Waals surface area contributed by atoms with E-state index in [0.29, 0.717) is 18.0 Å². The number of nitrogens with zero attached hydrogens (tertiary/aromatic N) is 5. The van der Waals surface area contributed by atoms with E-state index >= 15 is 0 Å².